The number of benzene rings is 2. The van der Waals surface area contributed by atoms with Crippen LogP contribution in [0.1, 0.15) is 23.9 Å². The van der Waals surface area contributed by atoms with Crippen LogP contribution in [0, 0.1) is 5.82 Å². The molecule has 0 aliphatic carbocycles. The summed E-state index contributed by atoms with van der Waals surface area (Å²) in [6.45, 7) is 2.88. The molecule has 4 N–H and O–H groups in total. The van der Waals surface area contributed by atoms with Crippen LogP contribution in [0.3, 0.4) is 0 Å². The molecule has 2 aromatic carbocycles. The number of carbonyl (C=O) groups is 1. The van der Waals surface area contributed by atoms with Gasteiger partial charge in [0.2, 0.25) is 0 Å². The van der Waals surface area contributed by atoms with Crippen molar-refractivity contribution in [3.05, 3.63) is 53.1 Å². The van der Waals surface area contributed by atoms with Crippen molar-refractivity contribution >= 4 is 16.9 Å². The average molecular weight is 420 g/mol. The van der Waals surface area contributed by atoms with Gasteiger partial charge in [0.25, 0.3) is 0 Å². The monoisotopic (exact) mass is 420 g/mol. The Kier molecular flexibility index (Phi) is 4.39. The fourth-order valence-electron chi connectivity index (χ4n) is 4.08. The van der Waals surface area contributed by atoms with E-state index in [-0.39, 0.29) is 11.8 Å². The smallest absolute Gasteiger partial charge is 0.317 e. The maximum atomic E-state index is 14.0. The third-order valence-corrected chi connectivity index (χ3v) is 5.71. The molecule has 31 heavy (non-hydrogen) atoms. The van der Waals surface area contributed by atoms with Crippen molar-refractivity contribution in [2.24, 2.45) is 0 Å². The summed E-state index contributed by atoms with van der Waals surface area (Å²) in [6.07, 6.45) is 0.667. The summed E-state index contributed by atoms with van der Waals surface area (Å²) in [4.78, 5) is 21.4. The number of aryl methyl sites for hydroxylation is 1. The second-order valence-electron chi connectivity index (χ2n) is 7.57. The van der Waals surface area contributed by atoms with Crippen LogP contribution in [0.4, 0.5) is 9.18 Å². The van der Waals surface area contributed by atoms with Gasteiger partial charge in [-0.1, -0.05) is 13.0 Å². The predicted molar refractivity (Wildman–Crippen MR) is 114 cm³/mol. The molecule has 4 aromatic rings. The second kappa shape index (κ2) is 7.12. The Morgan fingerprint density at radius 1 is 1.29 bits per heavy atom. The number of H-pyrrole nitrogens is 2. The lowest BCUT2D eigenvalue weighted by molar-refractivity contribution is 0.200. The molecule has 1 aliphatic heterocycles. The Labute approximate surface area is 177 Å². The number of halogens is 1. The zero-order valence-corrected chi connectivity index (χ0v) is 17.1. The lowest BCUT2D eigenvalue weighted by atomic mass is 9.96. The number of aromatic hydroxyl groups is 1. The van der Waals surface area contributed by atoms with Gasteiger partial charge in [-0.25, -0.2) is 14.2 Å². The molecule has 9 heteroatoms. The van der Waals surface area contributed by atoms with E-state index in [1.165, 1.54) is 12.1 Å². The number of fused-ring (bicyclic) bond motifs is 2. The number of hydrogen-bond donors (Lipinski definition) is 4. The van der Waals surface area contributed by atoms with Crippen LogP contribution in [0.2, 0.25) is 0 Å². The first-order chi connectivity index (χ1) is 15.0. The van der Waals surface area contributed by atoms with E-state index in [0.717, 1.165) is 39.0 Å². The van der Waals surface area contributed by atoms with E-state index in [1.807, 2.05) is 25.1 Å². The number of imidazole rings is 1. The van der Waals surface area contributed by atoms with Gasteiger partial charge < -0.3 is 20.3 Å². The highest BCUT2D eigenvalue weighted by atomic mass is 19.1. The molecule has 3 heterocycles. The Balaban J connectivity index is 1.50. The molecular weight excluding hydrogens is 399 g/mol. The largest absolute Gasteiger partial charge is 0.505 e. The minimum Gasteiger partial charge on any atom is -0.505 e. The fraction of sp³-hybridized carbons (Fsp3) is 0.227. The molecule has 0 bridgehead atoms. The number of nitrogens with one attached hydrogen (secondary N) is 3. The molecule has 0 atom stereocenters. The van der Waals surface area contributed by atoms with E-state index in [4.69, 9.17) is 0 Å². The van der Waals surface area contributed by atoms with Gasteiger partial charge >= 0.3 is 6.03 Å². The van der Waals surface area contributed by atoms with Crippen molar-refractivity contribution in [1.82, 2.24) is 30.4 Å². The first kappa shape index (κ1) is 19.1. The number of phenols is 1. The Morgan fingerprint density at radius 2 is 2.13 bits per heavy atom. The van der Waals surface area contributed by atoms with Crippen LogP contribution in [-0.2, 0) is 19.5 Å². The molecule has 0 radical (unpaired) electrons. The maximum Gasteiger partial charge on any atom is 0.317 e. The predicted octanol–water partition coefficient (Wildman–Crippen LogP) is 3.68. The lowest BCUT2D eigenvalue weighted by Gasteiger charge is -2.13. The second-order valence-corrected chi connectivity index (χ2v) is 7.57. The number of rotatable bonds is 3. The Bertz CT molecular complexity index is 1300. The molecule has 0 spiro atoms. The number of nitrogens with zero attached hydrogens (tertiary/aromatic N) is 3. The first-order valence-corrected chi connectivity index (χ1v) is 10.0. The van der Waals surface area contributed by atoms with Gasteiger partial charge in [-0.3, -0.25) is 5.10 Å². The standard InChI is InChI=1S/C22H21FN6O2/c1-3-11-7-19(30)15(23)8-14(11)12-4-5-13-16(6-12)27-28-20(13)21-25-17-9-29(22(31)24-2)10-18(17)26-21/h4-8,30H,3,9-10H2,1-2H3,(H,24,31)(H,25,26)(H,27,28). The van der Waals surface area contributed by atoms with E-state index in [2.05, 4.69) is 25.5 Å². The zero-order chi connectivity index (χ0) is 21.7. The molecule has 0 fully saturated rings. The van der Waals surface area contributed by atoms with Gasteiger partial charge in [0, 0.05) is 12.4 Å². The van der Waals surface area contributed by atoms with Crippen LogP contribution in [0.5, 0.6) is 5.75 Å². The van der Waals surface area contributed by atoms with Crippen molar-refractivity contribution in [3.8, 4) is 28.4 Å². The summed E-state index contributed by atoms with van der Waals surface area (Å²) in [5, 5.41) is 20.7. The molecule has 1 aliphatic rings. The van der Waals surface area contributed by atoms with Crippen LogP contribution in [0.15, 0.2) is 30.3 Å². The number of amides is 2. The summed E-state index contributed by atoms with van der Waals surface area (Å²) >= 11 is 0. The van der Waals surface area contributed by atoms with Crippen molar-refractivity contribution in [1.29, 1.82) is 0 Å². The van der Waals surface area contributed by atoms with Crippen LogP contribution in [-0.4, -0.2) is 43.3 Å². The lowest BCUT2D eigenvalue weighted by Crippen LogP contribution is -2.34. The highest BCUT2D eigenvalue weighted by molar-refractivity contribution is 5.94. The SMILES string of the molecule is CCc1cc(O)c(F)cc1-c1ccc2c(-c3nc4c([nH]3)CN(C(=O)NC)C4)n[nH]c2c1. The van der Waals surface area contributed by atoms with Gasteiger partial charge in [0.05, 0.1) is 30.0 Å². The van der Waals surface area contributed by atoms with E-state index in [9.17, 15) is 14.3 Å². The van der Waals surface area contributed by atoms with Crippen molar-refractivity contribution < 1.29 is 14.3 Å². The van der Waals surface area contributed by atoms with Gasteiger partial charge in [-0.2, -0.15) is 5.10 Å². The van der Waals surface area contributed by atoms with Crippen molar-refractivity contribution in [3.63, 3.8) is 0 Å². The molecule has 0 saturated heterocycles. The zero-order valence-electron chi connectivity index (χ0n) is 17.1. The number of carbonyl (C=O) groups excluding carboxylic acids is 1. The van der Waals surface area contributed by atoms with Gasteiger partial charge in [0.1, 0.15) is 5.69 Å². The summed E-state index contributed by atoms with van der Waals surface area (Å²) in [5.74, 6) is -0.342. The van der Waals surface area contributed by atoms with Crippen LogP contribution >= 0.6 is 0 Å². The highest BCUT2D eigenvalue weighted by Gasteiger charge is 2.27. The van der Waals surface area contributed by atoms with Crippen molar-refractivity contribution in [2.75, 3.05) is 7.05 Å². The Hall–Kier alpha value is -3.88. The van der Waals surface area contributed by atoms with Crippen LogP contribution < -0.4 is 5.32 Å². The molecule has 8 nitrogen and oxygen atoms in total. The minimum absolute atomic E-state index is 0.136. The third kappa shape index (κ3) is 3.09. The molecule has 2 amide bonds. The maximum absolute atomic E-state index is 14.0. The van der Waals surface area contributed by atoms with Gasteiger partial charge in [0.15, 0.2) is 17.4 Å². The number of aromatic amines is 2. The number of urea groups is 1. The highest BCUT2D eigenvalue weighted by Crippen LogP contribution is 2.34. The number of aromatic nitrogens is 4. The van der Waals surface area contributed by atoms with E-state index in [0.29, 0.717) is 31.0 Å². The van der Waals surface area contributed by atoms with E-state index in [1.54, 1.807) is 11.9 Å². The molecular formula is C22H21FN6O2. The summed E-state index contributed by atoms with van der Waals surface area (Å²) in [6, 6.07) is 8.46. The van der Waals surface area contributed by atoms with Crippen LogP contribution in [0.25, 0.3) is 33.5 Å². The molecule has 2 aromatic heterocycles. The van der Waals surface area contributed by atoms with E-state index >= 15 is 0 Å². The van der Waals surface area contributed by atoms with Gasteiger partial charge in [-0.05, 0) is 47.4 Å². The fourth-order valence-corrected chi connectivity index (χ4v) is 4.08. The first-order valence-electron chi connectivity index (χ1n) is 10.0. The van der Waals surface area contributed by atoms with Gasteiger partial charge in [-0.15, -0.1) is 0 Å². The average Bonchev–Trinajstić information content (AvgIpc) is 3.46. The summed E-state index contributed by atoms with van der Waals surface area (Å²) < 4.78 is 14.0. The third-order valence-electron chi connectivity index (χ3n) is 5.71. The number of hydrogen-bond acceptors (Lipinski definition) is 4. The van der Waals surface area contributed by atoms with E-state index < -0.39 is 5.82 Å². The summed E-state index contributed by atoms with van der Waals surface area (Å²) in [5.41, 5.74) is 5.66. The number of phenolic OH excluding ortho intramolecular Hbond substituents is 1. The quantitative estimate of drug-likeness (QED) is 0.405. The van der Waals surface area contributed by atoms with Crippen molar-refractivity contribution in [2.45, 2.75) is 26.4 Å². The minimum atomic E-state index is -0.645. The molecule has 0 unspecified atom stereocenters. The topological polar surface area (TPSA) is 110 Å². The normalized spacial score (nSPS) is 13.1. The molecule has 0 saturated carbocycles. The molecule has 158 valence electrons. The Morgan fingerprint density at radius 3 is 2.87 bits per heavy atom. The summed E-state index contributed by atoms with van der Waals surface area (Å²) in [7, 11) is 1.61. The molecule has 5 rings (SSSR count).